The highest BCUT2D eigenvalue weighted by atomic mass is 32.2. The van der Waals surface area contributed by atoms with E-state index in [2.05, 4.69) is 10.3 Å². The molecule has 0 bridgehead atoms. The Kier molecular flexibility index (Phi) is 5.63. The molecule has 0 radical (unpaired) electrons. The maximum Gasteiger partial charge on any atom is 0.230 e. The molecule has 110 valence electrons. The number of nitrogens with zero attached hydrogens (tertiary/aromatic N) is 1. The van der Waals surface area contributed by atoms with Crippen LogP contribution in [0.25, 0.3) is 0 Å². The molecule has 0 aliphatic heterocycles. The second-order valence-corrected chi connectivity index (χ2v) is 5.59. The fraction of sp³-hybridized carbons (Fsp3) is 0.250. The number of carbonyl (C=O) groups is 1. The second-order valence-electron chi connectivity index (χ2n) is 4.59. The first-order chi connectivity index (χ1) is 10.2. The number of thioether (sulfide) groups is 1. The number of methoxy groups -OCH3 is 1. The Hall–Kier alpha value is -2.01. The minimum atomic E-state index is -0.00908. The van der Waals surface area contributed by atoms with Crippen LogP contribution in [-0.2, 0) is 11.3 Å². The van der Waals surface area contributed by atoms with Gasteiger partial charge in [-0.15, -0.1) is 0 Å². The number of hydrogen-bond acceptors (Lipinski definition) is 4. The lowest BCUT2D eigenvalue weighted by Crippen LogP contribution is -2.24. The summed E-state index contributed by atoms with van der Waals surface area (Å²) in [6, 6.07) is 11.6. The van der Waals surface area contributed by atoms with Crippen LogP contribution in [-0.4, -0.2) is 23.8 Å². The Balaban J connectivity index is 1.78. The van der Waals surface area contributed by atoms with Gasteiger partial charge in [0.1, 0.15) is 5.75 Å². The summed E-state index contributed by atoms with van der Waals surface area (Å²) in [7, 11) is 1.63. The minimum absolute atomic E-state index is 0.00908. The quantitative estimate of drug-likeness (QED) is 0.834. The molecule has 2 aromatic rings. The normalized spacial score (nSPS) is 10.2. The molecule has 0 saturated carbocycles. The van der Waals surface area contributed by atoms with Crippen LogP contribution < -0.4 is 10.1 Å². The van der Waals surface area contributed by atoms with Crippen LogP contribution in [0.15, 0.2) is 47.6 Å². The lowest BCUT2D eigenvalue weighted by Gasteiger charge is -2.07. The third-order valence-electron chi connectivity index (χ3n) is 2.86. The molecule has 5 heteroatoms. The third kappa shape index (κ3) is 5.11. The van der Waals surface area contributed by atoms with Gasteiger partial charge in [0.05, 0.1) is 17.9 Å². The molecule has 0 spiro atoms. The Morgan fingerprint density at radius 2 is 2.19 bits per heavy atom. The fourth-order valence-corrected chi connectivity index (χ4v) is 2.39. The molecule has 0 aliphatic carbocycles. The molecular formula is C16H18N2O2S. The van der Waals surface area contributed by atoms with Gasteiger partial charge in [-0.2, -0.15) is 0 Å². The van der Waals surface area contributed by atoms with Gasteiger partial charge < -0.3 is 10.1 Å². The number of aryl methyl sites for hydroxylation is 1. The zero-order valence-electron chi connectivity index (χ0n) is 12.1. The van der Waals surface area contributed by atoms with Crippen molar-refractivity contribution in [3.63, 3.8) is 0 Å². The van der Waals surface area contributed by atoms with Gasteiger partial charge in [-0.3, -0.25) is 4.79 Å². The number of pyridine rings is 1. The summed E-state index contributed by atoms with van der Waals surface area (Å²) in [6.07, 6.45) is 1.80. The highest BCUT2D eigenvalue weighted by Gasteiger charge is 2.04. The van der Waals surface area contributed by atoms with Crippen molar-refractivity contribution in [1.82, 2.24) is 10.3 Å². The van der Waals surface area contributed by atoms with E-state index in [4.69, 9.17) is 4.74 Å². The molecule has 1 heterocycles. The van der Waals surface area contributed by atoms with Gasteiger partial charge in [-0.1, -0.05) is 30.0 Å². The molecular weight excluding hydrogens is 284 g/mol. The van der Waals surface area contributed by atoms with Gasteiger partial charge in [0.15, 0.2) is 0 Å². The first-order valence-electron chi connectivity index (χ1n) is 6.62. The summed E-state index contributed by atoms with van der Waals surface area (Å²) in [4.78, 5) is 16.1. The molecule has 0 saturated heterocycles. The van der Waals surface area contributed by atoms with Crippen LogP contribution in [0, 0.1) is 6.92 Å². The number of rotatable bonds is 6. The minimum Gasteiger partial charge on any atom is -0.497 e. The second kappa shape index (κ2) is 7.69. The zero-order valence-corrected chi connectivity index (χ0v) is 12.9. The van der Waals surface area contributed by atoms with Gasteiger partial charge in [0.25, 0.3) is 0 Å². The van der Waals surface area contributed by atoms with Gasteiger partial charge in [0.2, 0.25) is 5.91 Å². The highest BCUT2D eigenvalue weighted by Crippen LogP contribution is 2.15. The predicted octanol–water partition coefficient (Wildman–Crippen LogP) is 2.81. The maximum absolute atomic E-state index is 11.8. The molecule has 1 aromatic heterocycles. The lowest BCUT2D eigenvalue weighted by atomic mass is 10.2. The summed E-state index contributed by atoms with van der Waals surface area (Å²) in [5.74, 6) is 1.14. The van der Waals surface area contributed by atoms with E-state index in [1.165, 1.54) is 11.8 Å². The van der Waals surface area contributed by atoms with E-state index in [1.54, 1.807) is 13.3 Å². The largest absolute Gasteiger partial charge is 0.497 e. The van der Waals surface area contributed by atoms with E-state index >= 15 is 0 Å². The number of carbonyl (C=O) groups excluding carboxylic acids is 1. The topological polar surface area (TPSA) is 51.2 Å². The Labute approximate surface area is 128 Å². The van der Waals surface area contributed by atoms with Crippen molar-refractivity contribution in [1.29, 1.82) is 0 Å². The molecule has 4 nitrogen and oxygen atoms in total. The molecule has 2 rings (SSSR count). The Morgan fingerprint density at radius 3 is 2.90 bits per heavy atom. The van der Waals surface area contributed by atoms with E-state index in [0.29, 0.717) is 12.3 Å². The lowest BCUT2D eigenvalue weighted by molar-refractivity contribution is -0.118. The van der Waals surface area contributed by atoms with E-state index in [-0.39, 0.29) is 5.91 Å². The number of amides is 1. The van der Waals surface area contributed by atoms with Crippen molar-refractivity contribution in [2.75, 3.05) is 12.9 Å². The number of aromatic nitrogens is 1. The standard InChI is InChI=1S/C16H18N2O2S/c1-12-6-7-16(18-9-12)21-11-15(19)17-10-13-4-3-5-14(8-13)20-2/h3-9H,10-11H2,1-2H3,(H,17,19). The molecule has 0 atom stereocenters. The summed E-state index contributed by atoms with van der Waals surface area (Å²) in [5.41, 5.74) is 2.13. The summed E-state index contributed by atoms with van der Waals surface area (Å²) >= 11 is 1.43. The first kappa shape index (κ1) is 15.4. The van der Waals surface area contributed by atoms with E-state index in [9.17, 15) is 4.79 Å². The Morgan fingerprint density at radius 1 is 1.33 bits per heavy atom. The van der Waals surface area contributed by atoms with Crippen LogP contribution in [0.3, 0.4) is 0 Å². The van der Waals surface area contributed by atoms with Crippen LogP contribution in [0.5, 0.6) is 5.75 Å². The van der Waals surface area contributed by atoms with E-state index in [0.717, 1.165) is 21.9 Å². The van der Waals surface area contributed by atoms with Crippen molar-refractivity contribution < 1.29 is 9.53 Å². The first-order valence-corrected chi connectivity index (χ1v) is 7.61. The molecule has 1 aromatic carbocycles. The predicted molar refractivity (Wildman–Crippen MR) is 84.5 cm³/mol. The van der Waals surface area contributed by atoms with Crippen molar-refractivity contribution in [3.8, 4) is 5.75 Å². The van der Waals surface area contributed by atoms with Gasteiger partial charge >= 0.3 is 0 Å². The number of hydrogen-bond donors (Lipinski definition) is 1. The van der Waals surface area contributed by atoms with Crippen molar-refractivity contribution in [2.24, 2.45) is 0 Å². The smallest absolute Gasteiger partial charge is 0.230 e. The zero-order chi connectivity index (χ0) is 15.1. The molecule has 21 heavy (non-hydrogen) atoms. The molecule has 0 aliphatic rings. The summed E-state index contributed by atoms with van der Waals surface area (Å²) in [5, 5.41) is 3.75. The van der Waals surface area contributed by atoms with Crippen LogP contribution >= 0.6 is 11.8 Å². The molecule has 0 unspecified atom stereocenters. The summed E-state index contributed by atoms with van der Waals surface area (Å²) in [6.45, 7) is 2.49. The van der Waals surface area contributed by atoms with Crippen molar-refractivity contribution >= 4 is 17.7 Å². The third-order valence-corrected chi connectivity index (χ3v) is 3.80. The highest BCUT2D eigenvalue weighted by molar-refractivity contribution is 7.99. The van der Waals surface area contributed by atoms with E-state index in [1.807, 2.05) is 43.3 Å². The average molecular weight is 302 g/mol. The Bertz CT molecular complexity index is 599. The number of benzene rings is 1. The molecule has 1 amide bonds. The van der Waals surface area contributed by atoms with Gasteiger partial charge in [-0.25, -0.2) is 4.98 Å². The van der Waals surface area contributed by atoms with Crippen LogP contribution in [0.4, 0.5) is 0 Å². The maximum atomic E-state index is 11.8. The molecule has 0 fully saturated rings. The van der Waals surface area contributed by atoms with Crippen LogP contribution in [0.1, 0.15) is 11.1 Å². The van der Waals surface area contributed by atoms with Crippen molar-refractivity contribution in [3.05, 3.63) is 53.7 Å². The fourth-order valence-electron chi connectivity index (χ4n) is 1.71. The number of ether oxygens (including phenoxy) is 1. The van der Waals surface area contributed by atoms with Crippen molar-refractivity contribution in [2.45, 2.75) is 18.5 Å². The van der Waals surface area contributed by atoms with Crippen LogP contribution in [0.2, 0.25) is 0 Å². The van der Waals surface area contributed by atoms with Gasteiger partial charge in [0, 0.05) is 12.7 Å². The monoisotopic (exact) mass is 302 g/mol. The molecule has 1 N–H and O–H groups in total. The van der Waals surface area contributed by atoms with Gasteiger partial charge in [-0.05, 0) is 36.2 Å². The SMILES string of the molecule is COc1cccc(CNC(=O)CSc2ccc(C)cn2)c1. The number of nitrogens with one attached hydrogen (secondary N) is 1. The average Bonchev–Trinajstić information content (AvgIpc) is 2.52. The van der Waals surface area contributed by atoms with E-state index < -0.39 is 0 Å². The summed E-state index contributed by atoms with van der Waals surface area (Å²) < 4.78 is 5.15.